The predicted octanol–water partition coefficient (Wildman–Crippen LogP) is 2.27. The van der Waals surface area contributed by atoms with Gasteiger partial charge >= 0.3 is 0 Å². The maximum Gasteiger partial charge on any atom is 0.243 e. The minimum atomic E-state index is -3.73. The molecule has 0 amide bonds. The van der Waals surface area contributed by atoms with Crippen LogP contribution in [0.1, 0.15) is 12.5 Å². The molecular weight excluding hydrogens is 350 g/mol. The quantitative estimate of drug-likeness (QED) is 0.696. The number of rotatable bonds is 6. The van der Waals surface area contributed by atoms with Crippen molar-refractivity contribution in [3.8, 4) is 11.1 Å². The summed E-state index contributed by atoms with van der Waals surface area (Å²) in [5.74, 6) is 0. The van der Waals surface area contributed by atoms with Crippen LogP contribution in [0.3, 0.4) is 0 Å². The Morgan fingerprint density at radius 1 is 1.08 bits per heavy atom. The number of aliphatic hydroxyl groups is 1. The fourth-order valence-corrected chi connectivity index (χ4v) is 3.73. The average molecular weight is 371 g/mol. The summed E-state index contributed by atoms with van der Waals surface area (Å²) >= 11 is 0. The number of nitrogens with zero attached hydrogens (tertiary/aromatic N) is 2. The Hall–Kier alpha value is -2.48. The lowest BCUT2D eigenvalue weighted by Gasteiger charge is -2.24. The lowest BCUT2D eigenvalue weighted by Crippen LogP contribution is -2.38. The van der Waals surface area contributed by atoms with Crippen molar-refractivity contribution in [2.75, 3.05) is 6.54 Å². The number of aryl methyl sites for hydroxylation is 1. The molecule has 1 heterocycles. The third-order valence-corrected chi connectivity index (χ3v) is 5.57. The van der Waals surface area contributed by atoms with E-state index >= 15 is 0 Å². The predicted molar refractivity (Wildman–Crippen MR) is 99.8 cm³/mol. The maximum atomic E-state index is 12.3. The lowest BCUT2D eigenvalue weighted by atomic mass is 9.94. The third kappa shape index (κ3) is 4.01. The van der Waals surface area contributed by atoms with E-state index in [1.165, 1.54) is 17.1 Å². The Morgan fingerprint density at radius 3 is 2.27 bits per heavy atom. The van der Waals surface area contributed by atoms with E-state index < -0.39 is 15.6 Å². The second-order valence-electron chi connectivity index (χ2n) is 6.39. The number of sulfonamides is 1. The molecule has 0 aliphatic carbocycles. The Labute approximate surface area is 153 Å². The number of aromatic nitrogens is 2. The topological polar surface area (TPSA) is 84.2 Å². The van der Waals surface area contributed by atoms with Gasteiger partial charge in [0.05, 0.1) is 6.20 Å². The van der Waals surface area contributed by atoms with Crippen molar-refractivity contribution >= 4 is 10.0 Å². The summed E-state index contributed by atoms with van der Waals surface area (Å²) in [6.07, 6.45) is 2.68. The number of hydrogen-bond acceptors (Lipinski definition) is 4. The van der Waals surface area contributed by atoms with E-state index in [1.54, 1.807) is 26.1 Å². The van der Waals surface area contributed by atoms with E-state index in [2.05, 4.69) is 9.82 Å². The van der Waals surface area contributed by atoms with Crippen molar-refractivity contribution < 1.29 is 13.5 Å². The fourth-order valence-electron chi connectivity index (χ4n) is 2.61. The largest absolute Gasteiger partial charge is 0.384 e. The number of benzene rings is 2. The van der Waals surface area contributed by atoms with Crippen LogP contribution in [-0.4, -0.2) is 29.8 Å². The van der Waals surface area contributed by atoms with Gasteiger partial charge in [-0.3, -0.25) is 4.68 Å². The highest BCUT2D eigenvalue weighted by atomic mass is 32.2. The van der Waals surface area contributed by atoms with Gasteiger partial charge in [-0.25, -0.2) is 13.1 Å². The van der Waals surface area contributed by atoms with E-state index in [1.807, 2.05) is 42.5 Å². The molecule has 0 bridgehead atoms. The van der Waals surface area contributed by atoms with Gasteiger partial charge in [0.15, 0.2) is 0 Å². The van der Waals surface area contributed by atoms with Crippen molar-refractivity contribution in [2.45, 2.75) is 17.4 Å². The molecule has 1 atom stereocenters. The van der Waals surface area contributed by atoms with E-state index in [0.29, 0.717) is 5.56 Å². The van der Waals surface area contributed by atoms with Crippen LogP contribution in [0.5, 0.6) is 0 Å². The highest BCUT2D eigenvalue weighted by Gasteiger charge is 2.26. The minimum absolute atomic E-state index is 0.0650. The normalized spacial score (nSPS) is 14.1. The zero-order chi connectivity index (χ0) is 18.8. The second-order valence-corrected chi connectivity index (χ2v) is 8.16. The van der Waals surface area contributed by atoms with Crippen LogP contribution in [-0.2, 0) is 22.7 Å². The highest BCUT2D eigenvalue weighted by Crippen LogP contribution is 2.25. The molecule has 0 fully saturated rings. The smallest absolute Gasteiger partial charge is 0.243 e. The number of nitrogens with one attached hydrogen (secondary N) is 1. The van der Waals surface area contributed by atoms with Gasteiger partial charge in [0.25, 0.3) is 0 Å². The van der Waals surface area contributed by atoms with Crippen molar-refractivity contribution in [3.63, 3.8) is 0 Å². The summed E-state index contributed by atoms with van der Waals surface area (Å²) in [7, 11) is -2.08. The van der Waals surface area contributed by atoms with Gasteiger partial charge < -0.3 is 5.11 Å². The molecule has 0 aliphatic rings. The zero-order valence-electron chi connectivity index (χ0n) is 14.6. The first-order chi connectivity index (χ1) is 12.3. The molecule has 26 heavy (non-hydrogen) atoms. The van der Waals surface area contributed by atoms with E-state index in [-0.39, 0.29) is 11.4 Å². The van der Waals surface area contributed by atoms with E-state index in [0.717, 1.165) is 11.1 Å². The molecular formula is C19H21N3O3S. The summed E-state index contributed by atoms with van der Waals surface area (Å²) in [6.45, 7) is 1.44. The molecule has 7 heteroatoms. The standard InChI is InChI=1S/C19H21N3O3S/c1-19(23,14-21-26(24,25)18-12-20-22(2)13-18)17-10-8-16(9-11-17)15-6-4-3-5-7-15/h3-13,21,23H,14H2,1-2H3/t19-/m0/s1. The summed E-state index contributed by atoms with van der Waals surface area (Å²) in [6, 6.07) is 17.3. The molecule has 3 rings (SSSR count). The lowest BCUT2D eigenvalue weighted by molar-refractivity contribution is 0.0627. The molecule has 6 nitrogen and oxygen atoms in total. The molecule has 2 N–H and O–H groups in total. The maximum absolute atomic E-state index is 12.3. The van der Waals surface area contributed by atoms with Crippen LogP contribution in [0.2, 0.25) is 0 Å². The highest BCUT2D eigenvalue weighted by molar-refractivity contribution is 7.89. The fraction of sp³-hybridized carbons (Fsp3) is 0.211. The second kappa shape index (κ2) is 7.03. The van der Waals surface area contributed by atoms with Crippen molar-refractivity contribution in [1.82, 2.24) is 14.5 Å². The Balaban J connectivity index is 1.74. The molecule has 0 saturated heterocycles. The molecule has 0 radical (unpaired) electrons. The van der Waals surface area contributed by atoms with Crippen LogP contribution >= 0.6 is 0 Å². The summed E-state index contributed by atoms with van der Waals surface area (Å²) in [5, 5.41) is 14.6. The number of hydrogen-bond donors (Lipinski definition) is 2. The first kappa shape index (κ1) is 18.3. The van der Waals surface area contributed by atoms with Gasteiger partial charge in [-0.05, 0) is 23.6 Å². The first-order valence-corrected chi connectivity index (χ1v) is 9.63. The average Bonchev–Trinajstić information content (AvgIpc) is 3.09. The third-order valence-electron chi connectivity index (χ3n) is 4.21. The van der Waals surface area contributed by atoms with Gasteiger partial charge in [-0.2, -0.15) is 5.10 Å². The molecule has 3 aromatic rings. The van der Waals surface area contributed by atoms with Crippen LogP contribution in [0.15, 0.2) is 71.9 Å². The molecule has 1 aromatic heterocycles. The molecule has 2 aromatic carbocycles. The molecule has 136 valence electrons. The van der Waals surface area contributed by atoms with Crippen LogP contribution < -0.4 is 4.72 Å². The molecule has 0 saturated carbocycles. The summed E-state index contributed by atoms with van der Waals surface area (Å²) < 4.78 is 28.4. The van der Waals surface area contributed by atoms with Gasteiger partial charge in [0.2, 0.25) is 10.0 Å². The Morgan fingerprint density at radius 2 is 1.69 bits per heavy atom. The summed E-state index contributed by atoms with van der Waals surface area (Å²) in [5.41, 5.74) is 1.40. The van der Waals surface area contributed by atoms with Crippen molar-refractivity contribution in [3.05, 3.63) is 72.6 Å². The van der Waals surface area contributed by atoms with Crippen molar-refractivity contribution in [1.29, 1.82) is 0 Å². The zero-order valence-corrected chi connectivity index (χ0v) is 15.4. The van der Waals surface area contributed by atoms with Gasteiger partial charge in [-0.15, -0.1) is 0 Å². The minimum Gasteiger partial charge on any atom is -0.384 e. The van der Waals surface area contributed by atoms with Crippen molar-refractivity contribution in [2.24, 2.45) is 7.05 Å². The van der Waals surface area contributed by atoms with E-state index in [9.17, 15) is 13.5 Å². The molecule has 0 unspecified atom stereocenters. The Bertz CT molecular complexity index is 978. The van der Waals surface area contributed by atoms with Crippen LogP contribution in [0, 0.1) is 0 Å². The van der Waals surface area contributed by atoms with E-state index in [4.69, 9.17) is 0 Å². The first-order valence-electron chi connectivity index (χ1n) is 8.15. The van der Waals surface area contributed by atoms with Crippen LogP contribution in [0.25, 0.3) is 11.1 Å². The monoisotopic (exact) mass is 371 g/mol. The Kier molecular flexibility index (Phi) is 4.95. The van der Waals surface area contributed by atoms with Crippen LogP contribution in [0.4, 0.5) is 0 Å². The van der Waals surface area contributed by atoms with Gasteiger partial charge in [-0.1, -0.05) is 54.6 Å². The molecule has 0 aliphatic heterocycles. The molecule has 0 spiro atoms. The summed E-state index contributed by atoms with van der Waals surface area (Å²) in [4.78, 5) is 0.0650. The SMILES string of the molecule is Cn1cc(S(=O)(=O)NC[C@](C)(O)c2ccc(-c3ccccc3)cc2)cn1. The van der Waals surface area contributed by atoms with Gasteiger partial charge in [0.1, 0.15) is 10.5 Å². The van der Waals surface area contributed by atoms with Gasteiger partial charge in [0, 0.05) is 19.8 Å².